The van der Waals surface area contributed by atoms with Gasteiger partial charge in [0.05, 0.1) is 5.56 Å². The number of hydrogen-bond acceptors (Lipinski definition) is 4. The zero-order valence-corrected chi connectivity index (χ0v) is 15.4. The summed E-state index contributed by atoms with van der Waals surface area (Å²) in [5.74, 6) is 0.911. The summed E-state index contributed by atoms with van der Waals surface area (Å²) in [5.41, 5.74) is 2.16. The highest BCUT2D eigenvalue weighted by atomic mass is 35.9. The van der Waals surface area contributed by atoms with Gasteiger partial charge < -0.3 is 8.94 Å². The molecular weight excluding hydrogens is 384 g/mol. The monoisotopic (exact) mass is 393 g/mol. The molecule has 3 nitrogen and oxygen atoms in total. The van der Waals surface area contributed by atoms with Crippen molar-refractivity contribution in [2.75, 3.05) is 0 Å². The molecule has 0 amide bonds. The summed E-state index contributed by atoms with van der Waals surface area (Å²) in [6, 6.07) is 19.2. The molecule has 0 spiro atoms. The van der Waals surface area contributed by atoms with E-state index in [1.807, 2.05) is 54.6 Å². The van der Waals surface area contributed by atoms with Gasteiger partial charge in [-0.05, 0) is 63.3 Å². The van der Waals surface area contributed by atoms with Gasteiger partial charge in [-0.3, -0.25) is 0 Å². The predicted molar refractivity (Wildman–Crippen MR) is 104 cm³/mol. The molecule has 24 heavy (non-hydrogen) atoms. The SMILES string of the molecule is S=P(Cl)(Cl)Oc1ccc2ccccc2c1-c1nc2ccccc2o1. The number of hydrogen-bond donors (Lipinski definition) is 0. The standard InChI is InChI=1S/C17H10Cl2NO2PS/c18-23(19,24)22-15-10-9-11-5-1-2-6-12(11)16(15)17-20-13-7-3-4-8-14(13)21-17/h1-10H. The Labute approximate surface area is 152 Å². The van der Waals surface area contributed by atoms with Crippen molar-refractivity contribution in [2.45, 2.75) is 0 Å². The van der Waals surface area contributed by atoms with Crippen LogP contribution in [0.25, 0.3) is 33.3 Å². The molecule has 1 heterocycles. The second-order valence-corrected chi connectivity index (χ2v) is 12.3. The van der Waals surface area contributed by atoms with Gasteiger partial charge in [0.1, 0.15) is 11.3 Å². The lowest BCUT2D eigenvalue weighted by Crippen LogP contribution is -1.89. The molecule has 0 aliphatic carbocycles. The number of oxazole rings is 1. The molecule has 0 fully saturated rings. The van der Waals surface area contributed by atoms with Gasteiger partial charge in [-0.2, -0.15) is 0 Å². The first-order valence-corrected chi connectivity index (χ1v) is 11.6. The summed E-state index contributed by atoms with van der Waals surface area (Å²) in [4.78, 5) is 1.63. The van der Waals surface area contributed by atoms with Crippen LogP contribution < -0.4 is 4.52 Å². The topological polar surface area (TPSA) is 35.3 Å². The molecule has 0 N–H and O–H groups in total. The first kappa shape index (κ1) is 15.9. The lowest BCUT2D eigenvalue weighted by Gasteiger charge is -2.14. The first-order chi connectivity index (χ1) is 11.5. The summed E-state index contributed by atoms with van der Waals surface area (Å²) in [6.07, 6.45) is 0. The van der Waals surface area contributed by atoms with Crippen LogP contribution in [0.1, 0.15) is 0 Å². The smallest absolute Gasteiger partial charge is 0.289 e. The van der Waals surface area contributed by atoms with Crippen molar-refractivity contribution in [2.24, 2.45) is 0 Å². The Bertz CT molecular complexity index is 1070. The summed E-state index contributed by atoms with van der Waals surface area (Å²) in [5, 5.41) is 1.96. The Morgan fingerprint density at radius 1 is 0.958 bits per heavy atom. The number of para-hydroxylation sites is 2. The predicted octanol–water partition coefficient (Wildman–Crippen LogP) is 6.73. The minimum Gasteiger partial charge on any atom is -0.440 e. The number of halogens is 2. The summed E-state index contributed by atoms with van der Waals surface area (Å²) in [6.45, 7) is 0. The third kappa shape index (κ3) is 3.03. The minimum absolute atomic E-state index is 0.444. The Hall–Kier alpha value is -1.58. The zero-order valence-electron chi connectivity index (χ0n) is 12.1. The van der Waals surface area contributed by atoms with Gasteiger partial charge in [0.25, 0.3) is 4.97 Å². The third-order valence-corrected chi connectivity index (χ3v) is 4.65. The molecule has 0 saturated heterocycles. The van der Waals surface area contributed by atoms with Crippen LogP contribution in [-0.4, -0.2) is 4.98 Å². The molecule has 0 saturated carbocycles. The van der Waals surface area contributed by atoms with E-state index in [1.165, 1.54) is 0 Å². The maximum atomic E-state index is 5.98. The quantitative estimate of drug-likeness (QED) is 0.361. The van der Waals surface area contributed by atoms with Crippen LogP contribution in [0.2, 0.25) is 0 Å². The van der Waals surface area contributed by atoms with Gasteiger partial charge in [0.2, 0.25) is 5.89 Å². The van der Waals surface area contributed by atoms with Crippen molar-refractivity contribution in [3.63, 3.8) is 0 Å². The maximum Gasteiger partial charge on any atom is 0.289 e. The number of aromatic nitrogens is 1. The van der Waals surface area contributed by atoms with Crippen LogP contribution in [0, 0.1) is 0 Å². The fraction of sp³-hybridized carbons (Fsp3) is 0. The van der Waals surface area contributed by atoms with E-state index in [2.05, 4.69) is 4.98 Å². The largest absolute Gasteiger partial charge is 0.440 e. The van der Waals surface area contributed by atoms with E-state index in [-0.39, 0.29) is 0 Å². The highest BCUT2D eigenvalue weighted by molar-refractivity contribution is 8.36. The van der Waals surface area contributed by atoms with E-state index in [4.69, 9.17) is 43.2 Å². The Kier molecular flexibility index (Phi) is 4.01. The zero-order chi connectivity index (χ0) is 16.7. The number of benzene rings is 3. The summed E-state index contributed by atoms with van der Waals surface area (Å²) < 4.78 is 11.6. The molecule has 4 aromatic rings. The summed E-state index contributed by atoms with van der Waals surface area (Å²) >= 11 is 17.0. The van der Waals surface area contributed by atoms with Crippen LogP contribution >= 0.6 is 27.5 Å². The van der Waals surface area contributed by atoms with Gasteiger partial charge in [-0.25, -0.2) is 4.98 Å². The number of fused-ring (bicyclic) bond motifs is 2. The van der Waals surface area contributed by atoms with E-state index in [0.29, 0.717) is 22.8 Å². The van der Waals surface area contributed by atoms with Gasteiger partial charge in [0, 0.05) is 0 Å². The van der Waals surface area contributed by atoms with Crippen molar-refractivity contribution in [3.8, 4) is 17.2 Å². The Morgan fingerprint density at radius 3 is 2.50 bits per heavy atom. The maximum absolute atomic E-state index is 5.98. The van der Waals surface area contributed by atoms with Crippen LogP contribution in [0.4, 0.5) is 0 Å². The van der Waals surface area contributed by atoms with Crippen LogP contribution in [0.5, 0.6) is 5.75 Å². The molecule has 0 aliphatic heterocycles. The summed E-state index contributed by atoms with van der Waals surface area (Å²) in [7, 11) is 0. The lowest BCUT2D eigenvalue weighted by atomic mass is 10.0. The van der Waals surface area contributed by atoms with E-state index >= 15 is 0 Å². The molecule has 120 valence electrons. The second kappa shape index (κ2) is 6.05. The highest BCUT2D eigenvalue weighted by Crippen LogP contribution is 2.59. The molecule has 0 atom stereocenters. The van der Waals surface area contributed by atoms with Crippen LogP contribution in [0.15, 0.2) is 65.1 Å². The van der Waals surface area contributed by atoms with E-state index in [9.17, 15) is 0 Å². The molecule has 1 aromatic heterocycles. The van der Waals surface area contributed by atoms with Crippen molar-refractivity contribution < 1.29 is 8.94 Å². The van der Waals surface area contributed by atoms with Gasteiger partial charge in [0.15, 0.2) is 5.58 Å². The third-order valence-electron chi connectivity index (χ3n) is 3.60. The molecular formula is C17H10Cl2NO2PS. The van der Waals surface area contributed by atoms with Crippen molar-refractivity contribution in [1.29, 1.82) is 0 Å². The molecule has 0 aliphatic rings. The number of nitrogens with zero attached hydrogens (tertiary/aromatic N) is 1. The van der Waals surface area contributed by atoms with Crippen molar-refractivity contribution in [3.05, 3.63) is 60.7 Å². The van der Waals surface area contributed by atoms with E-state index in [0.717, 1.165) is 16.3 Å². The van der Waals surface area contributed by atoms with Gasteiger partial charge >= 0.3 is 0 Å². The van der Waals surface area contributed by atoms with Gasteiger partial charge in [-0.15, -0.1) is 0 Å². The minimum atomic E-state index is -2.94. The molecule has 0 unspecified atom stereocenters. The first-order valence-electron chi connectivity index (χ1n) is 7.08. The molecule has 0 radical (unpaired) electrons. The Balaban J connectivity index is 2.03. The lowest BCUT2D eigenvalue weighted by molar-refractivity contribution is 0.604. The molecule has 3 aromatic carbocycles. The molecule has 7 heteroatoms. The molecule has 0 bridgehead atoms. The fourth-order valence-electron chi connectivity index (χ4n) is 2.64. The van der Waals surface area contributed by atoms with Crippen LogP contribution in [0.3, 0.4) is 0 Å². The van der Waals surface area contributed by atoms with Crippen LogP contribution in [-0.2, 0) is 11.8 Å². The average Bonchev–Trinajstić information content (AvgIpc) is 2.96. The molecule has 4 rings (SSSR count). The normalized spacial score (nSPS) is 11.9. The van der Waals surface area contributed by atoms with Gasteiger partial charge in [-0.1, -0.05) is 42.5 Å². The average molecular weight is 394 g/mol. The second-order valence-electron chi connectivity index (χ2n) is 5.15. The highest BCUT2D eigenvalue weighted by Gasteiger charge is 2.21. The van der Waals surface area contributed by atoms with E-state index in [1.54, 1.807) is 6.07 Å². The van der Waals surface area contributed by atoms with E-state index < -0.39 is 4.97 Å². The fourth-order valence-corrected chi connectivity index (χ4v) is 3.71. The number of rotatable bonds is 3. The Morgan fingerprint density at radius 2 is 1.71 bits per heavy atom. The van der Waals surface area contributed by atoms with Crippen molar-refractivity contribution >= 4 is 61.1 Å². The van der Waals surface area contributed by atoms with Crippen molar-refractivity contribution in [1.82, 2.24) is 4.98 Å².